The predicted molar refractivity (Wildman–Crippen MR) is 132 cm³/mol. The van der Waals surface area contributed by atoms with Gasteiger partial charge in [0.05, 0.1) is 10.6 Å². The number of halogens is 1. The number of hydrogen-bond acceptors (Lipinski definition) is 3. The van der Waals surface area contributed by atoms with Crippen LogP contribution in [-0.2, 0) is 16.0 Å². The average Bonchev–Trinajstić information content (AvgIpc) is 2.79. The zero-order chi connectivity index (χ0) is 22.5. The summed E-state index contributed by atoms with van der Waals surface area (Å²) in [6.45, 7) is 2.48. The number of para-hydroxylation sites is 1. The van der Waals surface area contributed by atoms with Gasteiger partial charge in [-0.2, -0.15) is 0 Å². The van der Waals surface area contributed by atoms with E-state index in [0.29, 0.717) is 22.9 Å². The van der Waals surface area contributed by atoms with Crippen LogP contribution in [0.2, 0.25) is 5.02 Å². The molecule has 0 spiro atoms. The molecule has 3 aromatic rings. The number of carbonyl (C=O) groups is 2. The Morgan fingerprint density at radius 2 is 1.75 bits per heavy atom. The van der Waals surface area contributed by atoms with Crippen LogP contribution >= 0.6 is 23.4 Å². The first-order valence-corrected chi connectivity index (χ1v) is 11.6. The van der Waals surface area contributed by atoms with E-state index in [1.807, 2.05) is 85.8 Å². The summed E-state index contributed by atoms with van der Waals surface area (Å²) in [6.07, 6.45) is 2.60. The van der Waals surface area contributed by atoms with Crippen LogP contribution in [-0.4, -0.2) is 24.9 Å². The van der Waals surface area contributed by atoms with Crippen LogP contribution in [0.3, 0.4) is 0 Å². The van der Waals surface area contributed by atoms with E-state index in [9.17, 15) is 9.59 Å². The number of nitrogens with zero attached hydrogens (tertiary/aromatic N) is 1. The van der Waals surface area contributed by atoms with Gasteiger partial charge >= 0.3 is 0 Å². The van der Waals surface area contributed by atoms with Crippen LogP contribution in [0.25, 0.3) is 6.08 Å². The van der Waals surface area contributed by atoms with Crippen molar-refractivity contribution in [1.82, 2.24) is 5.32 Å². The van der Waals surface area contributed by atoms with Gasteiger partial charge in [-0.05, 0) is 60.4 Å². The fourth-order valence-corrected chi connectivity index (χ4v) is 4.68. The van der Waals surface area contributed by atoms with Gasteiger partial charge in [0.25, 0.3) is 5.91 Å². The number of fused-ring (bicyclic) bond motifs is 1. The Hall–Kier alpha value is -3.02. The lowest BCUT2D eigenvalue weighted by Crippen LogP contribution is -2.43. The molecule has 1 N–H and O–H groups in total. The number of amides is 2. The quantitative estimate of drug-likeness (QED) is 0.493. The summed E-state index contributed by atoms with van der Waals surface area (Å²) in [6, 6.07) is 23.2. The number of thioether (sulfide) groups is 1. The van der Waals surface area contributed by atoms with Crippen molar-refractivity contribution in [3.63, 3.8) is 0 Å². The monoisotopic (exact) mass is 462 g/mol. The Labute approximate surface area is 197 Å². The first-order chi connectivity index (χ1) is 15.5. The molecule has 4 rings (SSSR count). The Morgan fingerprint density at radius 3 is 2.53 bits per heavy atom. The summed E-state index contributed by atoms with van der Waals surface area (Å²) in [5.41, 5.74) is 3.94. The van der Waals surface area contributed by atoms with Crippen LogP contribution in [0.5, 0.6) is 0 Å². The molecule has 32 heavy (non-hydrogen) atoms. The van der Waals surface area contributed by atoms with Crippen molar-refractivity contribution in [1.29, 1.82) is 0 Å². The number of rotatable bonds is 6. The van der Waals surface area contributed by atoms with Crippen molar-refractivity contribution < 1.29 is 9.59 Å². The van der Waals surface area contributed by atoms with Gasteiger partial charge in [0, 0.05) is 16.5 Å². The van der Waals surface area contributed by atoms with Crippen LogP contribution < -0.4 is 10.2 Å². The molecule has 1 aliphatic rings. The average molecular weight is 463 g/mol. The van der Waals surface area contributed by atoms with E-state index in [2.05, 4.69) is 5.32 Å². The molecule has 0 saturated carbocycles. The van der Waals surface area contributed by atoms with E-state index in [4.69, 9.17) is 11.6 Å². The molecule has 0 fully saturated rings. The smallest absolute Gasteiger partial charge is 0.265 e. The lowest BCUT2D eigenvalue weighted by molar-refractivity contribution is -0.122. The standard InChI is InChI=1S/C26H23ClN2O2S/c1-18-6-2-3-7-20(18)16-24-26(31)29(22-8-4-5-9-23(22)32-24)17-25(30)28-15-14-19-10-12-21(27)13-11-19/h2-13,16H,14-15,17H2,1H3,(H,28,30)/b24-16-. The van der Waals surface area contributed by atoms with Crippen LogP contribution in [0.15, 0.2) is 82.6 Å². The molecule has 0 bridgehead atoms. The van der Waals surface area contributed by atoms with E-state index in [-0.39, 0.29) is 18.4 Å². The van der Waals surface area contributed by atoms with E-state index in [1.54, 1.807) is 4.90 Å². The molecule has 4 nitrogen and oxygen atoms in total. The van der Waals surface area contributed by atoms with Crippen molar-refractivity contribution in [2.24, 2.45) is 0 Å². The van der Waals surface area contributed by atoms with Gasteiger partial charge in [0.1, 0.15) is 6.54 Å². The van der Waals surface area contributed by atoms with E-state index >= 15 is 0 Å². The molecule has 3 aromatic carbocycles. The third-order valence-electron chi connectivity index (χ3n) is 5.26. The minimum absolute atomic E-state index is 0.0257. The van der Waals surface area contributed by atoms with E-state index < -0.39 is 0 Å². The molecular weight excluding hydrogens is 440 g/mol. The zero-order valence-electron chi connectivity index (χ0n) is 17.7. The molecule has 1 aliphatic heterocycles. The number of nitrogens with one attached hydrogen (secondary N) is 1. The Morgan fingerprint density at radius 1 is 1.03 bits per heavy atom. The molecule has 2 amide bonds. The number of benzene rings is 3. The molecule has 0 aliphatic carbocycles. The summed E-state index contributed by atoms with van der Waals surface area (Å²) < 4.78 is 0. The maximum atomic E-state index is 13.3. The highest BCUT2D eigenvalue weighted by atomic mass is 35.5. The molecular formula is C26H23ClN2O2S. The maximum absolute atomic E-state index is 13.3. The van der Waals surface area contributed by atoms with Gasteiger partial charge in [-0.25, -0.2) is 0 Å². The Bertz CT molecular complexity index is 1170. The largest absolute Gasteiger partial charge is 0.354 e. The summed E-state index contributed by atoms with van der Waals surface area (Å²) in [5, 5.41) is 3.61. The van der Waals surface area contributed by atoms with Gasteiger partial charge in [-0.3, -0.25) is 14.5 Å². The Kier molecular flexibility index (Phi) is 6.98. The van der Waals surface area contributed by atoms with E-state index in [1.165, 1.54) is 11.8 Å². The summed E-state index contributed by atoms with van der Waals surface area (Å²) in [4.78, 5) is 29.1. The van der Waals surface area contributed by atoms with Crippen molar-refractivity contribution in [3.05, 3.63) is 99.4 Å². The summed E-state index contributed by atoms with van der Waals surface area (Å²) >= 11 is 7.36. The summed E-state index contributed by atoms with van der Waals surface area (Å²) in [7, 11) is 0. The molecule has 0 aromatic heterocycles. The molecule has 1 heterocycles. The maximum Gasteiger partial charge on any atom is 0.265 e. The zero-order valence-corrected chi connectivity index (χ0v) is 19.2. The van der Waals surface area contributed by atoms with Crippen LogP contribution in [0.4, 0.5) is 5.69 Å². The molecule has 0 saturated heterocycles. The molecule has 0 atom stereocenters. The normalized spacial score (nSPS) is 14.4. The number of carbonyl (C=O) groups excluding carboxylic acids is 2. The highest BCUT2D eigenvalue weighted by Gasteiger charge is 2.30. The lowest BCUT2D eigenvalue weighted by atomic mass is 10.1. The fraction of sp³-hybridized carbons (Fsp3) is 0.154. The number of hydrogen-bond donors (Lipinski definition) is 1. The van der Waals surface area contributed by atoms with Crippen molar-refractivity contribution in [3.8, 4) is 0 Å². The first kappa shape index (κ1) is 22.2. The van der Waals surface area contributed by atoms with Crippen molar-refractivity contribution >= 4 is 46.9 Å². The number of aryl methyl sites for hydroxylation is 1. The highest BCUT2D eigenvalue weighted by molar-refractivity contribution is 8.04. The fourth-order valence-electron chi connectivity index (χ4n) is 3.51. The Balaban J connectivity index is 1.48. The molecule has 0 radical (unpaired) electrons. The predicted octanol–water partition coefficient (Wildman–Crippen LogP) is 5.49. The van der Waals surface area contributed by atoms with Crippen molar-refractivity contribution in [2.75, 3.05) is 18.0 Å². The summed E-state index contributed by atoms with van der Waals surface area (Å²) in [5.74, 6) is -0.353. The van der Waals surface area contributed by atoms with Crippen LogP contribution in [0, 0.1) is 6.92 Å². The second kappa shape index (κ2) is 10.1. The minimum Gasteiger partial charge on any atom is -0.354 e. The molecule has 0 unspecified atom stereocenters. The van der Waals surface area contributed by atoms with Gasteiger partial charge in [0.15, 0.2) is 0 Å². The van der Waals surface area contributed by atoms with Gasteiger partial charge in [-0.1, -0.05) is 71.9 Å². The van der Waals surface area contributed by atoms with E-state index in [0.717, 1.165) is 27.3 Å². The topological polar surface area (TPSA) is 49.4 Å². The number of anilines is 1. The highest BCUT2D eigenvalue weighted by Crippen LogP contribution is 2.42. The van der Waals surface area contributed by atoms with Gasteiger partial charge < -0.3 is 5.32 Å². The van der Waals surface area contributed by atoms with Crippen LogP contribution in [0.1, 0.15) is 16.7 Å². The first-order valence-electron chi connectivity index (χ1n) is 10.4. The third kappa shape index (κ3) is 5.23. The van der Waals surface area contributed by atoms with Crippen molar-refractivity contribution in [2.45, 2.75) is 18.2 Å². The second-order valence-corrected chi connectivity index (χ2v) is 9.07. The molecule has 162 valence electrons. The van der Waals surface area contributed by atoms with Gasteiger partial charge in [0.2, 0.25) is 5.91 Å². The minimum atomic E-state index is -0.191. The third-order valence-corrected chi connectivity index (χ3v) is 6.59. The van der Waals surface area contributed by atoms with Gasteiger partial charge in [-0.15, -0.1) is 0 Å². The SMILES string of the molecule is Cc1ccccc1/C=C1\Sc2ccccc2N(CC(=O)NCCc2ccc(Cl)cc2)C1=O. The second-order valence-electron chi connectivity index (χ2n) is 7.55. The lowest BCUT2D eigenvalue weighted by Gasteiger charge is -2.30. The molecule has 6 heteroatoms.